The molecule has 4 heteroatoms. The van der Waals surface area contributed by atoms with Crippen LogP contribution in [0.2, 0.25) is 0 Å². The summed E-state index contributed by atoms with van der Waals surface area (Å²) < 4.78 is 18.8. The van der Waals surface area contributed by atoms with Gasteiger partial charge in [-0.15, -0.1) is 0 Å². The Morgan fingerprint density at radius 2 is 1.82 bits per heavy atom. The summed E-state index contributed by atoms with van der Waals surface area (Å²) >= 11 is 3.27. The Labute approximate surface area is 106 Å². The Kier molecular flexibility index (Phi) is 3.54. The van der Waals surface area contributed by atoms with Crippen molar-refractivity contribution >= 4 is 21.9 Å². The predicted octanol–water partition coefficient (Wildman–Crippen LogP) is 3.81. The van der Waals surface area contributed by atoms with Gasteiger partial charge in [0.05, 0.1) is 5.56 Å². The zero-order valence-electron chi connectivity index (χ0n) is 8.69. The zero-order chi connectivity index (χ0) is 12.3. The lowest BCUT2D eigenvalue weighted by molar-refractivity contribution is 0.0734. The summed E-state index contributed by atoms with van der Waals surface area (Å²) in [5, 5.41) is 0. The fourth-order valence-corrected chi connectivity index (χ4v) is 1.55. The first kappa shape index (κ1) is 11.8. The minimum absolute atomic E-state index is 0.193. The normalized spacial score (nSPS) is 10.0. The van der Waals surface area contributed by atoms with Crippen molar-refractivity contribution in [3.05, 3.63) is 64.4 Å². The van der Waals surface area contributed by atoms with Gasteiger partial charge in [0.2, 0.25) is 0 Å². The average Bonchev–Trinajstić information content (AvgIpc) is 2.29. The Bertz CT molecular complexity index is 537. The van der Waals surface area contributed by atoms with E-state index in [0.717, 1.165) is 10.5 Å². The Hall–Kier alpha value is -1.68. The van der Waals surface area contributed by atoms with Crippen LogP contribution in [0, 0.1) is 5.82 Å². The Balaban J connectivity index is 2.14. The van der Waals surface area contributed by atoms with E-state index in [-0.39, 0.29) is 5.75 Å². The van der Waals surface area contributed by atoms with E-state index >= 15 is 0 Å². The standard InChI is InChI=1S/C13H8BrFO2/c14-10-6-4-9(5-7-10)13(16)17-12-3-1-2-11(15)8-12/h1-8H. The van der Waals surface area contributed by atoms with Gasteiger partial charge in [-0.25, -0.2) is 9.18 Å². The predicted molar refractivity (Wildman–Crippen MR) is 65.5 cm³/mol. The van der Waals surface area contributed by atoms with Crippen molar-refractivity contribution < 1.29 is 13.9 Å². The van der Waals surface area contributed by atoms with Crippen LogP contribution >= 0.6 is 15.9 Å². The van der Waals surface area contributed by atoms with Gasteiger partial charge in [-0.05, 0) is 36.4 Å². The first-order chi connectivity index (χ1) is 8.15. The number of hydrogen-bond acceptors (Lipinski definition) is 2. The molecule has 0 fully saturated rings. The van der Waals surface area contributed by atoms with E-state index in [0.29, 0.717) is 5.56 Å². The van der Waals surface area contributed by atoms with Gasteiger partial charge in [-0.2, -0.15) is 0 Å². The summed E-state index contributed by atoms with van der Waals surface area (Å²) in [5.41, 5.74) is 0.414. The lowest BCUT2D eigenvalue weighted by Crippen LogP contribution is -2.08. The maximum absolute atomic E-state index is 12.9. The molecular weight excluding hydrogens is 287 g/mol. The molecule has 2 rings (SSSR count). The molecule has 2 aromatic carbocycles. The van der Waals surface area contributed by atoms with Crippen molar-refractivity contribution in [2.45, 2.75) is 0 Å². The average molecular weight is 295 g/mol. The molecule has 0 aliphatic carbocycles. The maximum Gasteiger partial charge on any atom is 0.343 e. The van der Waals surface area contributed by atoms with Gasteiger partial charge in [0, 0.05) is 10.5 Å². The third-order valence-electron chi connectivity index (χ3n) is 2.09. The molecule has 0 aromatic heterocycles. The third-order valence-corrected chi connectivity index (χ3v) is 2.62. The minimum Gasteiger partial charge on any atom is -0.423 e. The third kappa shape index (κ3) is 3.14. The van der Waals surface area contributed by atoms with Crippen molar-refractivity contribution in [3.8, 4) is 5.75 Å². The van der Waals surface area contributed by atoms with E-state index in [1.54, 1.807) is 24.3 Å². The molecule has 86 valence electrons. The smallest absolute Gasteiger partial charge is 0.343 e. The highest BCUT2D eigenvalue weighted by molar-refractivity contribution is 9.10. The second kappa shape index (κ2) is 5.10. The maximum atomic E-state index is 12.9. The van der Waals surface area contributed by atoms with Crippen molar-refractivity contribution in [2.75, 3.05) is 0 Å². The number of carbonyl (C=O) groups is 1. The second-order valence-corrected chi connectivity index (χ2v) is 4.27. The summed E-state index contributed by atoms with van der Waals surface area (Å²) in [6.07, 6.45) is 0. The fraction of sp³-hybridized carbons (Fsp3) is 0. The number of rotatable bonds is 2. The van der Waals surface area contributed by atoms with Crippen LogP contribution in [-0.4, -0.2) is 5.97 Å². The molecular formula is C13H8BrFO2. The summed E-state index contributed by atoms with van der Waals surface area (Å²) in [5.74, 6) is -0.757. The van der Waals surface area contributed by atoms with Crippen LogP contribution in [0.25, 0.3) is 0 Å². The van der Waals surface area contributed by atoms with Crippen LogP contribution in [0.3, 0.4) is 0 Å². The zero-order valence-corrected chi connectivity index (χ0v) is 10.3. The number of benzene rings is 2. The molecule has 0 saturated carbocycles. The van der Waals surface area contributed by atoms with Crippen molar-refractivity contribution in [1.82, 2.24) is 0 Å². The van der Waals surface area contributed by atoms with Crippen LogP contribution in [-0.2, 0) is 0 Å². The first-order valence-electron chi connectivity index (χ1n) is 4.88. The number of hydrogen-bond donors (Lipinski definition) is 0. The highest BCUT2D eigenvalue weighted by Crippen LogP contribution is 2.15. The van der Waals surface area contributed by atoms with Crippen LogP contribution in [0.1, 0.15) is 10.4 Å². The highest BCUT2D eigenvalue weighted by atomic mass is 79.9. The molecule has 0 atom stereocenters. The molecule has 2 aromatic rings. The van der Waals surface area contributed by atoms with Gasteiger partial charge >= 0.3 is 5.97 Å². The van der Waals surface area contributed by atoms with Gasteiger partial charge in [0.15, 0.2) is 0 Å². The molecule has 0 amide bonds. The highest BCUT2D eigenvalue weighted by Gasteiger charge is 2.08. The summed E-state index contributed by atoms with van der Waals surface area (Å²) in [4.78, 5) is 11.7. The quantitative estimate of drug-likeness (QED) is 0.622. The van der Waals surface area contributed by atoms with E-state index in [4.69, 9.17) is 4.74 Å². The van der Waals surface area contributed by atoms with E-state index in [1.165, 1.54) is 18.2 Å². The van der Waals surface area contributed by atoms with Crippen molar-refractivity contribution in [3.63, 3.8) is 0 Å². The van der Waals surface area contributed by atoms with Gasteiger partial charge in [0.1, 0.15) is 11.6 Å². The molecule has 0 bridgehead atoms. The number of ether oxygens (including phenoxy) is 1. The molecule has 0 aliphatic heterocycles. The molecule has 0 saturated heterocycles. The van der Waals surface area contributed by atoms with Gasteiger partial charge < -0.3 is 4.74 Å². The Morgan fingerprint density at radius 3 is 2.47 bits per heavy atom. The monoisotopic (exact) mass is 294 g/mol. The largest absolute Gasteiger partial charge is 0.423 e. The van der Waals surface area contributed by atoms with E-state index in [1.807, 2.05) is 0 Å². The van der Waals surface area contributed by atoms with Crippen LogP contribution in [0.4, 0.5) is 4.39 Å². The Morgan fingerprint density at radius 1 is 1.12 bits per heavy atom. The number of carbonyl (C=O) groups excluding carboxylic acids is 1. The SMILES string of the molecule is O=C(Oc1cccc(F)c1)c1ccc(Br)cc1. The molecule has 0 aliphatic rings. The molecule has 17 heavy (non-hydrogen) atoms. The van der Waals surface area contributed by atoms with Crippen molar-refractivity contribution in [1.29, 1.82) is 0 Å². The van der Waals surface area contributed by atoms with E-state index < -0.39 is 11.8 Å². The summed E-state index contributed by atoms with van der Waals surface area (Å²) in [7, 11) is 0. The molecule has 0 radical (unpaired) electrons. The molecule has 0 unspecified atom stereocenters. The minimum atomic E-state index is -0.511. The van der Waals surface area contributed by atoms with Crippen LogP contribution in [0.5, 0.6) is 5.75 Å². The molecule has 0 heterocycles. The second-order valence-electron chi connectivity index (χ2n) is 3.35. The van der Waals surface area contributed by atoms with E-state index in [2.05, 4.69) is 15.9 Å². The fourth-order valence-electron chi connectivity index (χ4n) is 1.28. The number of halogens is 2. The van der Waals surface area contributed by atoms with E-state index in [9.17, 15) is 9.18 Å². The van der Waals surface area contributed by atoms with Crippen LogP contribution < -0.4 is 4.74 Å². The van der Waals surface area contributed by atoms with Gasteiger partial charge in [-0.3, -0.25) is 0 Å². The lowest BCUT2D eigenvalue weighted by atomic mass is 10.2. The molecule has 0 spiro atoms. The topological polar surface area (TPSA) is 26.3 Å². The lowest BCUT2D eigenvalue weighted by Gasteiger charge is -2.04. The van der Waals surface area contributed by atoms with Gasteiger partial charge in [0.25, 0.3) is 0 Å². The van der Waals surface area contributed by atoms with Crippen LogP contribution in [0.15, 0.2) is 53.0 Å². The summed E-state index contributed by atoms with van der Waals surface area (Å²) in [6.45, 7) is 0. The first-order valence-corrected chi connectivity index (χ1v) is 5.68. The summed E-state index contributed by atoms with van der Waals surface area (Å²) in [6, 6.07) is 12.2. The number of esters is 1. The van der Waals surface area contributed by atoms with Crippen molar-refractivity contribution in [2.24, 2.45) is 0 Å². The molecule has 0 N–H and O–H groups in total. The molecule has 2 nitrogen and oxygen atoms in total. The van der Waals surface area contributed by atoms with Gasteiger partial charge in [-0.1, -0.05) is 22.0 Å².